The summed E-state index contributed by atoms with van der Waals surface area (Å²) in [6.07, 6.45) is 3.53. The summed E-state index contributed by atoms with van der Waals surface area (Å²) in [5.74, 6) is -0.294. The van der Waals surface area contributed by atoms with Gasteiger partial charge in [0.25, 0.3) is 0 Å². The highest BCUT2D eigenvalue weighted by molar-refractivity contribution is 6.30. The van der Waals surface area contributed by atoms with Gasteiger partial charge < -0.3 is 10.1 Å². The van der Waals surface area contributed by atoms with E-state index in [-0.39, 0.29) is 5.82 Å². The number of aldehydes is 1. The molecule has 90 valence electrons. The molecule has 2 nitrogen and oxygen atoms in total. The van der Waals surface area contributed by atoms with Crippen molar-refractivity contribution in [2.75, 3.05) is 13.1 Å². The normalized spacial score (nSPS) is 12.9. The molecule has 0 bridgehead atoms. The fraction of sp³-hybridized carbons (Fsp3) is 0.417. The minimum Gasteiger partial charge on any atom is -0.317 e. The molecule has 1 aliphatic heterocycles. The molecule has 1 fully saturated rings. The number of rotatable bonds is 0. The first kappa shape index (κ1) is 15.1. The van der Waals surface area contributed by atoms with Crippen LogP contribution in [-0.4, -0.2) is 19.4 Å². The van der Waals surface area contributed by atoms with Crippen molar-refractivity contribution in [2.24, 2.45) is 0 Å². The molecular weight excluding hydrogens is 229 g/mol. The Balaban J connectivity index is 0.000000241. The second-order valence-corrected chi connectivity index (χ2v) is 3.57. The quantitative estimate of drug-likeness (QED) is 0.712. The van der Waals surface area contributed by atoms with E-state index in [4.69, 9.17) is 16.4 Å². The van der Waals surface area contributed by atoms with E-state index in [9.17, 15) is 4.39 Å². The van der Waals surface area contributed by atoms with E-state index < -0.39 is 0 Å². The van der Waals surface area contributed by atoms with Crippen LogP contribution in [0.5, 0.6) is 0 Å². The van der Waals surface area contributed by atoms with Crippen molar-refractivity contribution in [1.29, 1.82) is 0 Å². The third-order valence-electron chi connectivity index (χ3n) is 1.74. The van der Waals surface area contributed by atoms with Crippen LogP contribution in [0.15, 0.2) is 24.3 Å². The van der Waals surface area contributed by atoms with Crippen LogP contribution in [0.1, 0.15) is 19.8 Å². The Bertz CT molecular complexity index is 265. The average Bonchev–Trinajstić information content (AvgIpc) is 2.76. The van der Waals surface area contributed by atoms with Gasteiger partial charge >= 0.3 is 0 Å². The predicted octanol–water partition coefficient (Wildman–Crippen LogP) is 3.05. The van der Waals surface area contributed by atoms with Crippen molar-refractivity contribution in [2.45, 2.75) is 19.8 Å². The van der Waals surface area contributed by atoms with Crippen LogP contribution in [0, 0.1) is 5.82 Å². The Morgan fingerprint density at radius 2 is 1.94 bits per heavy atom. The van der Waals surface area contributed by atoms with Crippen molar-refractivity contribution >= 4 is 17.9 Å². The van der Waals surface area contributed by atoms with E-state index >= 15 is 0 Å². The maximum atomic E-state index is 12.1. The van der Waals surface area contributed by atoms with Crippen LogP contribution in [0.2, 0.25) is 5.02 Å². The zero-order valence-corrected chi connectivity index (χ0v) is 10.1. The predicted molar refractivity (Wildman–Crippen MR) is 65.3 cm³/mol. The molecule has 0 aromatic heterocycles. The van der Waals surface area contributed by atoms with Crippen LogP contribution in [-0.2, 0) is 4.79 Å². The van der Waals surface area contributed by atoms with Gasteiger partial charge in [-0.3, -0.25) is 0 Å². The number of hydrogen-bond acceptors (Lipinski definition) is 2. The molecule has 1 N–H and O–H groups in total. The number of hydrogen-bond donors (Lipinski definition) is 1. The first-order valence-corrected chi connectivity index (χ1v) is 5.60. The van der Waals surface area contributed by atoms with Crippen LogP contribution in [0.25, 0.3) is 0 Å². The van der Waals surface area contributed by atoms with E-state index in [1.54, 1.807) is 12.1 Å². The lowest BCUT2D eigenvalue weighted by Gasteiger charge is -1.85. The van der Waals surface area contributed by atoms with Crippen molar-refractivity contribution in [1.82, 2.24) is 5.32 Å². The lowest BCUT2D eigenvalue weighted by atomic mass is 10.4. The molecule has 0 aliphatic carbocycles. The zero-order valence-electron chi connectivity index (χ0n) is 9.38. The molecule has 0 spiro atoms. The summed E-state index contributed by atoms with van der Waals surface area (Å²) in [6.45, 7) is 3.94. The Morgan fingerprint density at radius 3 is 2.19 bits per heavy atom. The summed E-state index contributed by atoms with van der Waals surface area (Å²) in [5, 5.41) is 3.66. The van der Waals surface area contributed by atoms with Gasteiger partial charge in [-0.15, -0.1) is 0 Å². The molecule has 1 aliphatic rings. The summed E-state index contributed by atoms with van der Waals surface area (Å²) < 4.78 is 12.1. The summed E-state index contributed by atoms with van der Waals surface area (Å²) in [7, 11) is 0. The first-order valence-electron chi connectivity index (χ1n) is 5.22. The van der Waals surface area contributed by atoms with Crippen LogP contribution in [0.3, 0.4) is 0 Å². The fourth-order valence-corrected chi connectivity index (χ4v) is 1.26. The monoisotopic (exact) mass is 245 g/mol. The van der Waals surface area contributed by atoms with E-state index in [1.807, 2.05) is 0 Å². The van der Waals surface area contributed by atoms with Gasteiger partial charge in [-0.25, -0.2) is 4.39 Å². The van der Waals surface area contributed by atoms with Crippen LogP contribution in [0.4, 0.5) is 4.39 Å². The van der Waals surface area contributed by atoms with Crippen molar-refractivity contribution < 1.29 is 9.18 Å². The second kappa shape index (κ2) is 10.6. The Labute approximate surface area is 101 Å². The topological polar surface area (TPSA) is 29.1 Å². The summed E-state index contributed by atoms with van der Waals surface area (Å²) in [4.78, 5) is 8.81. The van der Waals surface area contributed by atoms with E-state index in [1.165, 1.54) is 45.0 Å². The molecule has 0 radical (unpaired) electrons. The highest BCUT2D eigenvalue weighted by atomic mass is 35.5. The lowest BCUT2D eigenvalue weighted by Crippen LogP contribution is -2.03. The van der Waals surface area contributed by atoms with Crippen molar-refractivity contribution in [3.8, 4) is 0 Å². The number of carbonyl (C=O) groups is 1. The molecule has 16 heavy (non-hydrogen) atoms. The lowest BCUT2D eigenvalue weighted by molar-refractivity contribution is -0.106. The minimum absolute atomic E-state index is 0.294. The third kappa shape index (κ3) is 9.62. The van der Waals surface area contributed by atoms with Gasteiger partial charge in [-0.1, -0.05) is 17.7 Å². The highest BCUT2D eigenvalue weighted by Gasteiger charge is 1.93. The van der Waals surface area contributed by atoms with Crippen LogP contribution >= 0.6 is 11.6 Å². The molecule has 4 heteroatoms. The summed E-state index contributed by atoms with van der Waals surface area (Å²) >= 11 is 5.40. The highest BCUT2D eigenvalue weighted by Crippen LogP contribution is 2.07. The van der Waals surface area contributed by atoms with Gasteiger partial charge in [0.05, 0.1) is 0 Å². The molecule has 0 amide bonds. The van der Waals surface area contributed by atoms with Crippen molar-refractivity contribution in [3.05, 3.63) is 35.1 Å². The first-order chi connectivity index (χ1) is 7.70. The van der Waals surface area contributed by atoms with Gasteiger partial charge in [-0.05, 0) is 51.1 Å². The standard InChI is InChI=1S/C6H4ClF.C4H9N.C2H4O/c7-5-2-1-3-6(8)4-5;1-2-4-5-3-1;1-2-3/h1-4H;5H,1-4H2;2H,1H3. The molecule has 0 atom stereocenters. The SMILES string of the molecule is C1CCNC1.CC=O.Fc1cccc(Cl)c1. The fourth-order valence-electron chi connectivity index (χ4n) is 1.08. The number of halogens is 2. The second-order valence-electron chi connectivity index (χ2n) is 3.13. The summed E-state index contributed by atoms with van der Waals surface area (Å²) in [5.41, 5.74) is 0. The van der Waals surface area contributed by atoms with Gasteiger partial charge in [0.2, 0.25) is 0 Å². The molecule has 1 saturated heterocycles. The van der Waals surface area contributed by atoms with Crippen molar-refractivity contribution in [3.63, 3.8) is 0 Å². The molecule has 1 heterocycles. The largest absolute Gasteiger partial charge is 0.317 e. The Hall–Kier alpha value is -0.930. The van der Waals surface area contributed by atoms with Gasteiger partial charge in [0.15, 0.2) is 0 Å². The van der Waals surface area contributed by atoms with Crippen LogP contribution < -0.4 is 5.32 Å². The maximum Gasteiger partial charge on any atom is 0.124 e. The van der Waals surface area contributed by atoms with Gasteiger partial charge in [-0.2, -0.15) is 0 Å². The molecule has 0 unspecified atom stereocenters. The third-order valence-corrected chi connectivity index (χ3v) is 1.98. The van der Waals surface area contributed by atoms with E-state index in [0.29, 0.717) is 5.02 Å². The molecule has 1 aromatic rings. The Morgan fingerprint density at radius 1 is 1.38 bits per heavy atom. The number of benzene rings is 1. The Kier molecular flexibility index (Phi) is 9.97. The zero-order chi connectivity index (χ0) is 12.2. The smallest absolute Gasteiger partial charge is 0.124 e. The number of carbonyl (C=O) groups excluding carboxylic acids is 1. The minimum atomic E-state index is -0.294. The maximum absolute atomic E-state index is 12.1. The number of nitrogens with one attached hydrogen (secondary N) is 1. The van der Waals surface area contributed by atoms with Gasteiger partial charge in [0, 0.05) is 5.02 Å². The molecule has 2 rings (SSSR count). The van der Waals surface area contributed by atoms with E-state index in [2.05, 4.69) is 5.32 Å². The van der Waals surface area contributed by atoms with E-state index in [0.717, 1.165) is 6.29 Å². The average molecular weight is 246 g/mol. The molecule has 0 saturated carbocycles. The summed E-state index contributed by atoms with van der Waals surface area (Å²) in [6, 6.07) is 5.82. The molecule has 1 aromatic carbocycles. The van der Waals surface area contributed by atoms with Gasteiger partial charge in [0.1, 0.15) is 12.1 Å². The molecular formula is C12H17ClFNO.